The molecule has 1 fully saturated rings. The van der Waals surface area contributed by atoms with Crippen molar-refractivity contribution in [1.29, 1.82) is 0 Å². The van der Waals surface area contributed by atoms with Crippen LogP contribution in [0.15, 0.2) is 16.7 Å². The predicted octanol–water partition coefficient (Wildman–Crippen LogP) is 4.92. The van der Waals surface area contributed by atoms with Crippen LogP contribution in [-0.4, -0.2) is 38.4 Å². The van der Waals surface area contributed by atoms with Crippen LogP contribution in [0.5, 0.6) is 0 Å². The van der Waals surface area contributed by atoms with Crippen LogP contribution in [0.3, 0.4) is 0 Å². The Balaban J connectivity index is 2.01. The second-order valence-electron chi connectivity index (χ2n) is 9.19. The molecule has 1 aliphatic heterocycles. The molecule has 0 spiro atoms. The van der Waals surface area contributed by atoms with E-state index >= 15 is 0 Å². The fourth-order valence-electron chi connectivity index (χ4n) is 4.24. The van der Waals surface area contributed by atoms with Gasteiger partial charge in [-0.2, -0.15) is 0 Å². The van der Waals surface area contributed by atoms with Crippen LogP contribution in [0, 0.1) is 20.8 Å². The summed E-state index contributed by atoms with van der Waals surface area (Å²) in [6.45, 7) is 13.0. The molecule has 1 unspecified atom stereocenters. The Bertz CT molecular complexity index is 1180. The minimum absolute atomic E-state index is 0.0441. The molecular formula is C23H28N4O4. The van der Waals surface area contributed by atoms with Gasteiger partial charge in [0.05, 0.1) is 16.9 Å². The molecule has 0 bridgehead atoms. The Hall–Kier alpha value is -3.16. The van der Waals surface area contributed by atoms with Crippen LogP contribution in [0.2, 0.25) is 0 Å². The van der Waals surface area contributed by atoms with Gasteiger partial charge >= 0.3 is 6.09 Å². The summed E-state index contributed by atoms with van der Waals surface area (Å²) in [5.74, 6) is 1.22. The van der Waals surface area contributed by atoms with Crippen molar-refractivity contribution in [3.63, 3.8) is 0 Å². The number of ether oxygens (including phenoxy) is 1. The maximum atomic E-state index is 13.0. The minimum Gasteiger partial charge on any atom is -0.443 e. The molecule has 2 aromatic heterocycles. The molecule has 0 radical (unpaired) electrons. The quantitative estimate of drug-likeness (QED) is 0.580. The fourth-order valence-corrected chi connectivity index (χ4v) is 4.24. The van der Waals surface area contributed by atoms with Crippen LogP contribution in [-0.2, 0) is 9.53 Å². The van der Waals surface area contributed by atoms with E-state index in [0.717, 1.165) is 23.2 Å². The van der Waals surface area contributed by atoms with Gasteiger partial charge in [0.15, 0.2) is 0 Å². The van der Waals surface area contributed by atoms with Crippen molar-refractivity contribution in [2.24, 2.45) is 0 Å². The zero-order valence-electron chi connectivity index (χ0n) is 19.1. The molecule has 0 N–H and O–H groups in total. The third-order valence-corrected chi connectivity index (χ3v) is 5.55. The topological polar surface area (TPSA) is 90.5 Å². The number of hydrogen-bond acceptors (Lipinski definition) is 6. The Morgan fingerprint density at radius 2 is 1.94 bits per heavy atom. The number of rotatable bonds is 2. The molecule has 3 heterocycles. The van der Waals surface area contributed by atoms with E-state index in [1.165, 1.54) is 4.57 Å². The molecule has 4 rings (SSSR count). The van der Waals surface area contributed by atoms with Crippen molar-refractivity contribution in [3.8, 4) is 11.1 Å². The van der Waals surface area contributed by atoms with Crippen molar-refractivity contribution in [3.05, 3.63) is 29.4 Å². The summed E-state index contributed by atoms with van der Waals surface area (Å²) in [7, 11) is 0. The van der Waals surface area contributed by atoms with Gasteiger partial charge in [-0.1, -0.05) is 5.16 Å². The molecule has 8 heteroatoms. The van der Waals surface area contributed by atoms with Crippen molar-refractivity contribution < 1.29 is 18.8 Å². The largest absolute Gasteiger partial charge is 0.443 e. The van der Waals surface area contributed by atoms with E-state index in [1.807, 2.05) is 53.7 Å². The lowest BCUT2D eigenvalue weighted by Crippen LogP contribution is -2.31. The highest BCUT2D eigenvalue weighted by Gasteiger charge is 2.33. The maximum Gasteiger partial charge on any atom is 0.420 e. The molecule has 3 aromatic rings. The first-order valence-corrected chi connectivity index (χ1v) is 10.5. The fraction of sp³-hybridized carbons (Fsp3) is 0.478. The minimum atomic E-state index is -0.651. The number of nitrogens with zero attached hydrogens (tertiary/aromatic N) is 4. The summed E-state index contributed by atoms with van der Waals surface area (Å²) in [5, 5.41) is 4.07. The lowest BCUT2D eigenvalue weighted by atomic mass is 10.0. The zero-order valence-corrected chi connectivity index (χ0v) is 19.1. The van der Waals surface area contributed by atoms with Crippen molar-refractivity contribution >= 4 is 28.7 Å². The van der Waals surface area contributed by atoms with E-state index in [4.69, 9.17) is 9.26 Å². The van der Waals surface area contributed by atoms with E-state index < -0.39 is 11.7 Å². The van der Waals surface area contributed by atoms with Crippen LogP contribution in [0.4, 0.5) is 10.5 Å². The van der Waals surface area contributed by atoms with Crippen molar-refractivity contribution in [2.45, 2.75) is 73.0 Å². The average molecular weight is 425 g/mol. The summed E-state index contributed by atoms with van der Waals surface area (Å²) in [6.07, 6.45) is 0.765. The summed E-state index contributed by atoms with van der Waals surface area (Å²) < 4.78 is 12.5. The second-order valence-corrected chi connectivity index (χ2v) is 9.19. The number of hydrogen-bond donors (Lipinski definition) is 0. The molecule has 1 aliphatic rings. The molecule has 164 valence electrons. The van der Waals surface area contributed by atoms with Gasteiger partial charge in [-0.25, -0.2) is 14.3 Å². The highest BCUT2D eigenvalue weighted by atomic mass is 16.6. The lowest BCUT2D eigenvalue weighted by Gasteiger charge is -2.23. The van der Waals surface area contributed by atoms with Crippen LogP contribution in [0.1, 0.15) is 57.8 Å². The number of amides is 1. The standard InChI is InChI=1S/C23H28N4O4/c1-12-8-9-19(28)26(12)17-10-16(20-13(2)25-31-14(20)3)11-18-21(17)24-15(4)27(18)22(29)30-23(5,6)7/h10-12H,8-9H2,1-7H3. The molecule has 0 saturated carbocycles. The highest BCUT2D eigenvalue weighted by molar-refractivity contribution is 6.06. The molecule has 8 nitrogen and oxygen atoms in total. The summed E-state index contributed by atoms with van der Waals surface area (Å²) in [5.41, 5.74) is 3.62. The maximum absolute atomic E-state index is 13.0. The summed E-state index contributed by atoms with van der Waals surface area (Å²) >= 11 is 0. The lowest BCUT2D eigenvalue weighted by molar-refractivity contribution is -0.117. The Labute approximate surface area is 181 Å². The number of aryl methyl sites for hydroxylation is 3. The van der Waals surface area contributed by atoms with Crippen molar-refractivity contribution in [2.75, 3.05) is 4.90 Å². The highest BCUT2D eigenvalue weighted by Crippen LogP contribution is 2.39. The number of carbonyl (C=O) groups is 2. The number of anilines is 1. The summed E-state index contributed by atoms with van der Waals surface area (Å²) in [4.78, 5) is 32.2. The third-order valence-electron chi connectivity index (χ3n) is 5.55. The van der Waals surface area contributed by atoms with E-state index in [-0.39, 0.29) is 11.9 Å². The summed E-state index contributed by atoms with van der Waals surface area (Å²) in [6, 6.07) is 3.88. The van der Waals surface area contributed by atoms with E-state index in [2.05, 4.69) is 10.1 Å². The Morgan fingerprint density at radius 3 is 2.48 bits per heavy atom. The molecule has 31 heavy (non-hydrogen) atoms. The molecule has 1 aromatic carbocycles. The number of benzene rings is 1. The van der Waals surface area contributed by atoms with Crippen molar-refractivity contribution in [1.82, 2.24) is 14.7 Å². The zero-order chi connectivity index (χ0) is 22.7. The molecular weight excluding hydrogens is 396 g/mol. The molecule has 1 atom stereocenters. The number of carbonyl (C=O) groups excluding carboxylic acids is 2. The van der Waals surface area contributed by atoms with Crippen LogP contribution in [0.25, 0.3) is 22.2 Å². The van der Waals surface area contributed by atoms with E-state index in [9.17, 15) is 9.59 Å². The first-order chi connectivity index (χ1) is 14.5. The average Bonchev–Trinajstić information content (AvgIpc) is 3.27. The van der Waals surface area contributed by atoms with Gasteiger partial charge < -0.3 is 14.2 Å². The number of fused-ring (bicyclic) bond motifs is 1. The molecule has 1 saturated heterocycles. The molecule has 0 aliphatic carbocycles. The van der Waals surface area contributed by atoms with Gasteiger partial charge in [0, 0.05) is 18.0 Å². The first kappa shape index (κ1) is 21.1. The van der Waals surface area contributed by atoms with Gasteiger partial charge in [0.25, 0.3) is 0 Å². The van der Waals surface area contributed by atoms with E-state index in [0.29, 0.717) is 34.7 Å². The van der Waals surface area contributed by atoms with Gasteiger partial charge in [0.1, 0.15) is 22.7 Å². The van der Waals surface area contributed by atoms with Crippen LogP contribution < -0.4 is 4.90 Å². The van der Waals surface area contributed by atoms with Gasteiger partial charge in [-0.15, -0.1) is 0 Å². The Morgan fingerprint density at radius 1 is 1.23 bits per heavy atom. The molecule has 1 amide bonds. The predicted molar refractivity (Wildman–Crippen MR) is 117 cm³/mol. The van der Waals surface area contributed by atoms with Crippen LogP contribution >= 0.6 is 0 Å². The smallest absolute Gasteiger partial charge is 0.420 e. The second kappa shape index (κ2) is 7.21. The van der Waals surface area contributed by atoms with Gasteiger partial charge in [-0.3, -0.25) is 4.79 Å². The monoisotopic (exact) mass is 424 g/mol. The van der Waals surface area contributed by atoms with Gasteiger partial charge in [0.2, 0.25) is 5.91 Å². The van der Waals surface area contributed by atoms with Gasteiger partial charge in [-0.05, 0) is 72.6 Å². The van der Waals surface area contributed by atoms with E-state index in [1.54, 1.807) is 11.8 Å². The normalized spacial score (nSPS) is 17.1. The number of aromatic nitrogens is 3. The SMILES string of the molecule is Cc1noc(C)c1-c1cc(N2C(=O)CCC2C)c2nc(C)n(C(=O)OC(C)(C)C)c2c1. The first-order valence-electron chi connectivity index (χ1n) is 10.5. The number of imidazole rings is 1. The third kappa shape index (κ3) is 3.60. The Kier molecular flexibility index (Phi) is 4.91.